The van der Waals surface area contributed by atoms with Crippen molar-refractivity contribution in [2.24, 2.45) is 11.8 Å². The molecule has 0 radical (unpaired) electrons. The van der Waals surface area contributed by atoms with Crippen LogP contribution in [0, 0.1) is 11.8 Å². The summed E-state index contributed by atoms with van der Waals surface area (Å²) in [5.41, 5.74) is 0.834. The third-order valence-corrected chi connectivity index (χ3v) is 6.64. The average molecular weight is 559 g/mol. The van der Waals surface area contributed by atoms with Gasteiger partial charge in [0, 0.05) is 6.42 Å². The summed E-state index contributed by atoms with van der Waals surface area (Å²) in [5.74, 6) is -2.51. The molecule has 1 heterocycles. The first-order chi connectivity index (χ1) is 18.9. The van der Waals surface area contributed by atoms with E-state index in [1.165, 1.54) is 6.92 Å². The fourth-order valence-corrected chi connectivity index (χ4v) is 4.63. The van der Waals surface area contributed by atoms with Crippen molar-refractivity contribution in [3.8, 4) is 0 Å². The van der Waals surface area contributed by atoms with Gasteiger partial charge in [0.1, 0.15) is 30.3 Å². The molecule has 5 unspecified atom stereocenters. The molecule has 1 saturated heterocycles. The third-order valence-electron chi connectivity index (χ3n) is 6.64. The lowest BCUT2D eigenvalue weighted by atomic mass is 10.00. The van der Waals surface area contributed by atoms with Crippen LogP contribution in [-0.2, 0) is 35.1 Å². The topological polar surface area (TPSA) is 143 Å². The molecule has 10 heteroatoms. The molecule has 1 aliphatic rings. The van der Waals surface area contributed by atoms with E-state index in [1.807, 2.05) is 65.0 Å². The number of nitrogens with one attached hydrogen (secondary N) is 4. The summed E-state index contributed by atoms with van der Waals surface area (Å²) in [6, 6.07) is 5.48. The quantitative estimate of drug-likeness (QED) is 0.361. The summed E-state index contributed by atoms with van der Waals surface area (Å²) in [6.07, 6.45) is 1.14. The molecule has 10 nitrogen and oxygen atoms in total. The lowest BCUT2D eigenvalue weighted by Gasteiger charge is -2.28. The minimum absolute atomic E-state index is 0.0629. The largest absolute Gasteiger partial charge is 0.460 e. The number of cyclic esters (lactones) is 1. The molecular formula is C30H46N4O6. The zero-order valence-corrected chi connectivity index (χ0v) is 24.6. The van der Waals surface area contributed by atoms with Gasteiger partial charge in [-0.15, -0.1) is 0 Å². The zero-order chi connectivity index (χ0) is 29.8. The van der Waals surface area contributed by atoms with Gasteiger partial charge < -0.3 is 26.0 Å². The molecule has 1 aromatic carbocycles. The van der Waals surface area contributed by atoms with Crippen LogP contribution in [-0.4, -0.2) is 59.9 Å². The van der Waals surface area contributed by atoms with E-state index in [0.717, 1.165) is 5.56 Å². The second-order valence-corrected chi connectivity index (χ2v) is 11.5. The van der Waals surface area contributed by atoms with E-state index in [9.17, 15) is 24.0 Å². The summed E-state index contributed by atoms with van der Waals surface area (Å²) in [6.45, 7) is 11.1. The first-order valence-electron chi connectivity index (χ1n) is 14.3. The van der Waals surface area contributed by atoms with Crippen molar-refractivity contribution in [2.45, 2.75) is 110 Å². The number of amides is 4. The summed E-state index contributed by atoms with van der Waals surface area (Å²) in [7, 11) is 0. The maximum absolute atomic E-state index is 13.5. The Morgan fingerprint density at radius 1 is 0.775 bits per heavy atom. The Morgan fingerprint density at radius 3 is 1.95 bits per heavy atom. The van der Waals surface area contributed by atoms with Crippen molar-refractivity contribution in [1.29, 1.82) is 0 Å². The summed E-state index contributed by atoms with van der Waals surface area (Å²) >= 11 is 0. The van der Waals surface area contributed by atoms with Gasteiger partial charge in [0.05, 0.1) is 6.42 Å². The van der Waals surface area contributed by atoms with E-state index in [1.54, 1.807) is 0 Å². The van der Waals surface area contributed by atoms with Gasteiger partial charge in [-0.3, -0.25) is 19.2 Å². The number of rotatable bonds is 8. The Bertz CT molecular complexity index is 1010. The first kappa shape index (κ1) is 32.8. The van der Waals surface area contributed by atoms with E-state index in [2.05, 4.69) is 21.3 Å². The van der Waals surface area contributed by atoms with Crippen LogP contribution in [0.5, 0.6) is 0 Å². The normalized spacial score (nSPS) is 25.6. The first-order valence-corrected chi connectivity index (χ1v) is 14.3. The smallest absolute Gasteiger partial charge is 0.328 e. The fraction of sp³-hybridized carbons (Fsp3) is 0.633. The standard InChI is InChI=1S/C30H46N4O6/c1-7-11-22-17-26(35)32-24(16-21-12-9-8-10-13-21)29(38)33-23(14-18(2)3)28(37)31-20(6)27(36)34-25(15-19(4)5)30(39)40-22/h8-10,12-13,18-20,22-25H,7,11,14-17H2,1-6H3,(H,31,37)(H,32,35)(H,33,38)(H,34,36). The van der Waals surface area contributed by atoms with Gasteiger partial charge in [0.25, 0.3) is 0 Å². The number of carbonyl (C=O) groups excluding carboxylic acids is 5. The van der Waals surface area contributed by atoms with Crippen molar-refractivity contribution in [2.75, 3.05) is 0 Å². The van der Waals surface area contributed by atoms with E-state index >= 15 is 0 Å². The highest BCUT2D eigenvalue weighted by molar-refractivity contribution is 5.95. The predicted molar refractivity (Wildman–Crippen MR) is 152 cm³/mol. The molecule has 5 atom stereocenters. The molecule has 1 aliphatic heterocycles. The van der Waals surface area contributed by atoms with Gasteiger partial charge in [0.15, 0.2) is 0 Å². The number of carbonyl (C=O) groups is 5. The molecule has 4 N–H and O–H groups in total. The molecule has 1 aromatic rings. The van der Waals surface area contributed by atoms with Crippen molar-refractivity contribution in [1.82, 2.24) is 21.3 Å². The van der Waals surface area contributed by atoms with Gasteiger partial charge in [-0.1, -0.05) is 71.4 Å². The van der Waals surface area contributed by atoms with E-state index in [-0.39, 0.29) is 24.7 Å². The molecule has 40 heavy (non-hydrogen) atoms. The molecule has 0 aliphatic carbocycles. The number of esters is 1. The highest BCUT2D eigenvalue weighted by Gasteiger charge is 2.33. The van der Waals surface area contributed by atoms with Crippen LogP contribution in [0.2, 0.25) is 0 Å². The molecule has 2 rings (SSSR count). The van der Waals surface area contributed by atoms with Gasteiger partial charge in [0.2, 0.25) is 23.6 Å². The van der Waals surface area contributed by atoms with Crippen molar-refractivity contribution in [3.63, 3.8) is 0 Å². The average Bonchev–Trinajstić information content (AvgIpc) is 2.86. The Morgan fingerprint density at radius 2 is 1.35 bits per heavy atom. The molecule has 0 aromatic heterocycles. The SMILES string of the molecule is CCCC1CC(=O)NC(Cc2ccccc2)C(=O)NC(CC(C)C)C(=O)NC(C)C(=O)NC(CC(C)C)C(=O)O1. The van der Waals surface area contributed by atoms with E-state index in [4.69, 9.17) is 4.74 Å². The number of hydrogen-bond donors (Lipinski definition) is 4. The van der Waals surface area contributed by atoms with Gasteiger partial charge in [-0.25, -0.2) is 4.79 Å². The molecular weight excluding hydrogens is 512 g/mol. The number of hydrogen-bond acceptors (Lipinski definition) is 6. The van der Waals surface area contributed by atoms with E-state index in [0.29, 0.717) is 25.7 Å². The lowest BCUT2D eigenvalue weighted by Crippen LogP contribution is -2.58. The maximum atomic E-state index is 13.5. The van der Waals surface area contributed by atoms with Crippen LogP contribution >= 0.6 is 0 Å². The van der Waals surface area contributed by atoms with E-state index < -0.39 is 59.9 Å². The van der Waals surface area contributed by atoms with Crippen LogP contribution in [0.4, 0.5) is 0 Å². The monoisotopic (exact) mass is 558 g/mol. The second kappa shape index (κ2) is 16.0. The lowest BCUT2D eigenvalue weighted by molar-refractivity contribution is -0.155. The van der Waals surface area contributed by atoms with Crippen LogP contribution in [0.15, 0.2) is 30.3 Å². The van der Waals surface area contributed by atoms with Crippen molar-refractivity contribution < 1.29 is 28.7 Å². The second-order valence-electron chi connectivity index (χ2n) is 11.5. The van der Waals surface area contributed by atoms with Crippen LogP contribution < -0.4 is 21.3 Å². The van der Waals surface area contributed by atoms with Gasteiger partial charge in [-0.2, -0.15) is 0 Å². The predicted octanol–water partition coefficient (Wildman–Crippen LogP) is 2.40. The van der Waals surface area contributed by atoms with Crippen LogP contribution in [0.25, 0.3) is 0 Å². The Hall–Kier alpha value is -3.43. The molecule has 222 valence electrons. The van der Waals surface area contributed by atoms with Gasteiger partial charge >= 0.3 is 5.97 Å². The van der Waals surface area contributed by atoms with Crippen molar-refractivity contribution in [3.05, 3.63) is 35.9 Å². The molecule has 0 spiro atoms. The van der Waals surface area contributed by atoms with Crippen molar-refractivity contribution >= 4 is 29.6 Å². The van der Waals surface area contributed by atoms with Crippen LogP contribution in [0.1, 0.15) is 79.2 Å². The Kier molecular flexibility index (Phi) is 13.1. The van der Waals surface area contributed by atoms with Gasteiger partial charge in [-0.05, 0) is 43.6 Å². The highest BCUT2D eigenvalue weighted by atomic mass is 16.5. The third kappa shape index (κ3) is 11.0. The molecule has 1 fully saturated rings. The molecule has 0 bridgehead atoms. The zero-order valence-electron chi connectivity index (χ0n) is 24.6. The summed E-state index contributed by atoms with van der Waals surface area (Å²) in [4.78, 5) is 66.0. The molecule has 0 saturated carbocycles. The minimum atomic E-state index is -0.961. The number of benzene rings is 1. The maximum Gasteiger partial charge on any atom is 0.328 e. The summed E-state index contributed by atoms with van der Waals surface area (Å²) < 4.78 is 5.72. The Labute approximate surface area is 237 Å². The van der Waals surface area contributed by atoms with Crippen LogP contribution in [0.3, 0.4) is 0 Å². The summed E-state index contributed by atoms with van der Waals surface area (Å²) in [5, 5.41) is 11.0. The highest BCUT2D eigenvalue weighted by Crippen LogP contribution is 2.14. The molecule has 4 amide bonds. The minimum Gasteiger partial charge on any atom is -0.460 e. The Balaban J connectivity index is 2.44. The number of ether oxygens (including phenoxy) is 1. The fourth-order valence-electron chi connectivity index (χ4n) is 4.63.